The molecule has 0 spiro atoms. The molecule has 0 fully saturated rings. The van der Waals surface area contributed by atoms with Gasteiger partial charge >= 0.3 is 0 Å². The molecule has 0 unspecified atom stereocenters. The molecule has 2 aliphatic rings. The number of nitrogens with zero attached hydrogens (tertiary/aromatic N) is 4. The molecule has 0 bridgehead atoms. The molecule has 0 saturated heterocycles. The number of aryl methyl sites for hydroxylation is 6. The Kier molecular flexibility index (Phi) is 17.5. The lowest BCUT2D eigenvalue weighted by atomic mass is 9.65. The maximum absolute atomic E-state index is 5.02. The van der Waals surface area contributed by atoms with Gasteiger partial charge in [-0.3, -0.25) is 0 Å². The highest BCUT2D eigenvalue weighted by Crippen LogP contribution is 2.66. The monoisotopic (exact) mass is 1200 g/mol. The second kappa shape index (κ2) is 25.7. The topological polar surface area (TPSA) is 51.6 Å². The first-order valence-corrected chi connectivity index (χ1v) is 35.7. The summed E-state index contributed by atoms with van der Waals surface area (Å²) in [5.41, 5.74) is 26.4. The maximum atomic E-state index is 5.02. The third kappa shape index (κ3) is 10.6. The number of rotatable bonds is 26. The molecule has 0 saturated carbocycles. The molecule has 7 aromatic carbocycles. The first kappa shape index (κ1) is 58.6. The summed E-state index contributed by atoms with van der Waals surface area (Å²) in [5, 5.41) is 0. The number of benzene rings is 7. The minimum absolute atomic E-state index is 0.625. The van der Waals surface area contributed by atoms with Crippen LogP contribution in [-0.2, 0) is 36.5 Å². The van der Waals surface area contributed by atoms with Crippen LogP contribution in [0, 0.1) is 13.8 Å². The second-order valence-electron chi connectivity index (χ2n) is 25.0. The van der Waals surface area contributed by atoms with E-state index in [-0.39, 0.29) is 0 Å². The van der Waals surface area contributed by atoms with Crippen LogP contribution >= 0.6 is 46.1 Å². The van der Waals surface area contributed by atoms with Gasteiger partial charge in [0.25, 0.3) is 0 Å². The van der Waals surface area contributed by atoms with E-state index in [1.165, 1.54) is 224 Å². The van der Waals surface area contributed by atoms with Crippen molar-refractivity contribution in [3.63, 3.8) is 0 Å². The maximum Gasteiger partial charge on any atom is 0.113 e. The predicted molar refractivity (Wildman–Crippen MR) is 370 cm³/mol. The summed E-state index contributed by atoms with van der Waals surface area (Å²) in [5.74, 6) is 0. The van der Waals surface area contributed by atoms with Crippen LogP contribution in [0.5, 0.6) is 0 Å². The van der Waals surface area contributed by atoms with E-state index in [0.29, 0.717) is 0 Å². The Morgan fingerprint density at radius 1 is 0.302 bits per heavy atom. The molecule has 4 aromatic heterocycles. The van der Waals surface area contributed by atoms with Crippen molar-refractivity contribution in [3.05, 3.63) is 223 Å². The highest BCUT2D eigenvalue weighted by Gasteiger charge is 2.53. The number of fused-ring (bicyclic) bond motifs is 8. The van der Waals surface area contributed by atoms with Crippen LogP contribution in [0.2, 0.25) is 0 Å². The van der Waals surface area contributed by atoms with Crippen LogP contribution < -0.4 is 0 Å². The predicted octanol–water partition coefficient (Wildman–Crippen LogP) is 23.0. The average Bonchev–Trinajstić information content (AvgIpc) is 1.52. The van der Waals surface area contributed by atoms with E-state index in [9.17, 15) is 0 Å². The lowest BCUT2D eigenvalue weighted by Crippen LogP contribution is -2.30. The van der Waals surface area contributed by atoms with Gasteiger partial charge in [-0.25, -0.2) is 0 Å². The third-order valence-electron chi connectivity index (χ3n) is 19.3. The summed E-state index contributed by atoms with van der Waals surface area (Å²) >= 11 is 6.55. The Hall–Kier alpha value is -6.42. The molecule has 8 heteroatoms. The minimum atomic E-state index is -0.625. The van der Waals surface area contributed by atoms with Crippen LogP contribution in [0.4, 0.5) is 0 Å². The van der Waals surface area contributed by atoms with Gasteiger partial charge in [-0.05, 0) is 178 Å². The number of hydrogen-bond acceptors (Lipinski definition) is 8. The lowest BCUT2D eigenvalue weighted by Gasteiger charge is -2.36. The summed E-state index contributed by atoms with van der Waals surface area (Å²) in [4.78, 5) is 5.16. The van der Waals surface area contributed by atoms with Gasteiger partial charge in [0.2, 0.25) is 0 Å². The van der Waals surface area contributed by atoms with Gasteiger partial charge in [0, 0.05) is 30.6 Å². The van der Waals surface area contributed by atoms with Gasteiger partial charge in [-0.2, -0.15) is 17.5 Å². The van der Waals surface area contributed by atoms with E-state index >= 15 is 0 Å². The Balaban J connectivity index is 1.09. The number of unbranched alkanes of at least 4 members (excludes halogenated alkanes) is 12. The van der Waals surface area contributed by atoms with Crippen molar-refractivity contribution in [2.75, 3.05) is 0 Å². The van der Waals surface area contributed by atoms with Crippen molar-refractivity contribution >= 4 is 68.2 Å². The van der Waals surface area contributed by atoms with Gasteiger partial charge in [0.15, 0.2) is 0 Å². The van der Waals surface area contributed by atoms with E-state index in [0.717, 1.165) is 70.0 Å². The second-order valence-corrected chi connectivity index (χ2v) is 28.1. The Morgan fingerprint density at radius 3 is 0.907 bits per heavy atom. The molecule has 0 radical (unpaired) electrons. The van der Waals surface area contributed by atoms with Gasteiger partial charge < -0.3 is 0 Å². The zero-order chi connectivity index (χ0) is 58.8. The van der Waals surface area contributed by atoms with Crippen molar-refractivity contribution in [3.8, 4) is 41.8 Å². The summed E-state index contributed by atoms with van der Waals surface area (Å²) in [7, 11) is 0. The summed E-state index contributed by atoms with van der Waals surface area (Å²) in [6, 6.07) is 59.3. The van der Waals surface area contributed by atoms with Crippen LogP contribution in [0.25, 0.3) is 63.8 Å². The fourth-order valence-electron chi connectivity index (χ4n) is 14.6. The smallest absolute Gasteiger partial charge is 0.113 e. The van der Waals surface area contributed by atoms with Crippen LogP contribution in [0.3, 0.4) is 0 Å². The zero-order valence-corrected chi connectivity index (χ0v) is 54.7. The Labute approximate surface area is 527 Å². The van der Waals surface area contributed by atoms with Crippen molar-refractivity contribution in [2.24, 2.45) is 0 Å². The van der Waals surface area contributed by atoms with E-state index in [1.807, 2.05) is 22.7 Å². The largest absolute Gasteiger partial charge is 0.173 e. The number of thiophene rings is 2. The highest BCUT2D eigenvalue weighted by molar-refractivity contribution is 7.20. The van der Waals surface area contributed by atoms with Crippen molar-refractivity contribution < 1.29 is 0 Å². The zero-order valence-electron chi connectivity index (χ0n) is 51.4. The molecule has 438 valence electrons. The molecular formula is C78H82N4S4. The summed E-state index contributed by atoms with van der Waals surface area (Å²) < 4.78 is 19.8. The Morgan fingerprint density at radius 2 is 0.605 bits per heavy atom. The van der Waals surface area contributed by atoms with Gasteiger partial charge in [0.05, 0.1) is 34.3 Å². The quantitative estimate of drug-likeness (QED) is 0.0507. The molecule has 2 aliphatic carbocycles. The van der Waals surface area contributed by atoms with Crippen molar-refractivity contribution in [2.45, 2.75) is 181 Å². The highest BCUT2D eigenvalue weighted by atomic mass is 32.1. The lowest BCUT2D eigenvalue weighted by molar-refractivity contribution is 0.666. The van der Waals surface area contributed by atoms with E-state index in [4.69, 9.17) is 17.5 Å². The summed E-state index contributed by atoms with van der Waals surface area (Å²) in [6.45, 7) is 13.6. The standard InChI is InChI=1S/C78H82N4S4/c1-7-11-15-19-23-53-29-37-57(38-30-53)77(58-39-31-54(32-40-58)24-20-16-12-8-2)65-47-64-66(48-63(65)75-67(77)49-69(83-75)61-45-27-51(5)71-73(61)81-85-79-71)78(59-41-33-55(34-42-59)25-21-17-13-9-3,60-43-35-56(36-44-60)26-22-18-14-10-4)68-50-70(84-76(64)68)62-46-28-52(6)72-74(62)82-86-80-72/h27-50H,7-26H2,1-6H3. The molecule has 4 heterocycles. The van der Waals surface area contributed by atoms with Crippen LogP contribution in [0.1, 0.15) is 208 Å². The van der Waals surface area contributed by atoms with Gasteiger partial charge in [0.1, 0.15) is 22.1 Å². The number of hydrogen-bond donors (Lipinski definition) is 0. The molecule has 13 rings (SSSR count). The van der Waals surface area contributed by atoms with E-state index < -0.39 is 10.8 Å². The average molecular weight is 1200 g/mol. The molecule has 0 atom stereocenters. The van der Waals surface area contributed by atoms with E-state index in [1.54, 1.807) is 0 Å². The normalized spacial score (nSPS) is 13.7. The molecule has 11 aromatic rings. The van der Waals surface area contributed by atoms with Crippen LogP contribution in [-0.4, -0.2) is 17.5 Å². The van der Waals surface area contributed by atoms with Crippen molar-refractivity contribution in [1.29, 1.82) is 0 Å². The first-order valence-electron chi connectivity index (χ1n) is 32.6. The third-order valence-corrected chi connectivity index (χ3v) is 22.8. The first-order chi connectivity index (χ1) is 42.3. The summed E-state index contributed by atoms with van der Waals surface area (Å²) in [6.07, 6.45) is 24.4. The molecule has 0 amide bonds. The molecule has 86 heavy (non-hydrogen) atoms. The van der Waals surface area contributed by atoms with Gasteiger partial charge in [-0.15, -0.1) is 22.7 Å². The Bertz CT molecular complexity index is 3760. The molecular weight excluding hydrogens is 1120 g/mol. The minimum Gasteiger partial charge on any atom is -0.173 e. The number of aromatic nitrogens is 4. The van der Waals surface area contributed by atoms with Crippen LogP contribution in [0.15, 0.2) is 146 Å². The van der Waals surface area contributed by atoms with E-state index in [2.05, 4.69) is 187 Å². The van der Waals surface area contributed by atoms with Crippen molar-refractivity contribution in [1.82, 2.24) is 17.5 Å². The van der Waals surface area contributed by atoms with Gasteiger partial charge in [-0.1, -0.05) is 226 Å². The fourth-order valence-corrected chi connectivity index (χ4v) is 18.3. The fraction of sp³-hybridized carbons (Fsp3) is 0.359. The molecule has 0 N–H and O–H groups in total. The SMILES string of the molecule is CCCCCCc1ccc(C2(c3ccc(CCCCCC)cc3)c3cc4c(cc3-c3sc(-c5ccc(C)c6nsnc56)cc32)C(c2ccc(CCCCCC)cc2)(c2ccc(CCCCCC)cc2)c2cc(-c3ccc(C)c5nsnc35)sc2-4)cc1. The molecule has 4 nitrogen and oxygen atoms in total. The molecule has 0 aliphatic heterocycles.